The van der Waals surface area contributed by atoms with Crippen molar-refractivity contribution < 1.29 is 23.9 Å². The molecule has 0 radical (unpaired) electrons. The van der Waals surface area contributed by atoms with Crippen LogP contribution in [0.5, 0.6) is 0 Å². The minimum Gasteiger partial charge on any atom is -0.450 e. The Bertz CT molecular complexity index is 1850. The number of halogens is 3. The number of amides is 2. The third-order valence-corrected chi connectivity index (χ3v) is 9.24. The van der Waals surface area contributed by atoms with Gasteiger partial charge in [-0.05, 0) is 73.9 Å². The molecule has 2 heterocycles. The fourth-order valence-electron chi connectivity index (χ4n) is 5.89. The van der Waals surface area contributed by atoms with E-state index in [4.69, 9.17) is 44.5 Å². The molecule has 45 heavy (non-hydrogen) atoms. The number of nitrogens with zero attached hydrogens (tertiary/aromatic N) is 2. The number of imide groups is 1. The normalized spacial score (nSPS) is 18.3. The summed E-state index contributed by atoms with van der Waals surface area (Å²) in [5.74, 6) is -2.07. The number of pyridine rings is 1. The molecule has 4 aromatic rings. The zero-order chi connectivity index (χ0) is 31.8. The van der Waals surface area contributed by atoms with Crippen molar-refractivity contribution >= 4 is 75.0 Å². The predicted molar refractivity (Wildman–Crippen MR) is 175 cm³/mol. The summed E-state index contributed by atoms with van der Waals surface area (Å²) >= 11 is 18.4. The van der Waals surface area contributed by atoms with Crippen LogP contribution in [-0.2, 0) is 14.3 Å². The first-order valence-electron chi connectivity index (χ1n) is 14.5. The predicted octanol–water partition coefficient (Wildman–Crippen LogP) is 8.01. The van der Waals surface area contributed by atoms with Crippen molar-refractivity contribution in [3.05, 3.63) is 106 Å². The molecule has 1 aliphatic heterocycles. The number of benzene rings is 3. The van der Waals surface area contributed by atoms with E-state index in [1.807, 2.05) is 12.2 Å². The van der Waals surface area contributed by atoms with Gasteiger partial charge in [0.2, 0.25) is 17.6 Å². The highest BCUT2D eigenvalue weighted by atomic mass is 35.5. The number of ether oxygens (including phenoxy) is 1. The van der Waals surface area contributed by atoms with Gasteiger partial charge in [-0.2, -0.15) is 0 Å². The van der Waals surface area contributed by atoms with Crippen molar-refractivity contribution in [2.24, 2.45) is 11.8 Å². The molecule has 228 valence electrons. The van der Waals surface area contributed by atoms with E-state index in [1.54, 1.807) is 73.7 Å². The second-order valence-corrected chi connectivity index (χ2v) is 12.3. The lowest BCUT2D eigenvalue weighted by atomic mass is 9.85. The highest BCUT2D eigenvalue weighted by Crippen LogP contribution is 2.38. The third kappa shape index (κ3) is 5.88. The molecule has 3 atom stereocenters. The number of aromatic nitrogens is 1. The van der Waals surface area contributed by atoms with E-state index >= 15 is 0 Å². The average molecular weight is 662 g/mol. The largest absolute Gasteiger partial charge is 0.450 e. The molecule has 3 unspecified atom stereocenters. The lowest BCUT2D eigenvalue weighted by Crippen LogP contribution is -2.30. The summed E-state index contributed by atoms with van der Waals surface area (Å²) in [6, 6.07) is 18.2. The van der Waals surface area contributed by atoms with Gasteiger partial charge in [-0.25, -0.2) is 9.78 Å². The molecule has 10 heteroatoms. The van der Waals surface area contributed by atoms with Gasteiger partial charge in [0.1, 0.15) is 0 Å². The number of anilines is 1. The van der Waals surface area contributed by atoms with Crippen molar-refractivity contribution in [1.29, 1.82) is 0 Å². The van der Waals surface area contributed by atoms with Crippen LogP contribution in [0.2, 0.25) is 10.0 Å². The number of fused-ring (bicyclic) bond motifs is 2. The molecule has 7 nitrogen and oxygen atoms in total. The van der Waals surface area contributed by atoms with Crippen LogP contribution in [0.15, 0.2) is 78.9 Å². The molecule has 0 bridgehead atoms. The first kappa shape index (κ1) is 31.0. The van der Waals surface area contributed by atoms with E-state index in [1.165, 1.54) is 4.90 Å². The number of aryl methyl sites for hydroxylation is 1. The lowest BCUT2D eigenvalue weighted by molar-refractivity contribution is -0.122. The maximum atomic E-state index is 13.8. The van der Waals surface area contributed by atoms with Crippen molar-refractivity contribution in [2.75, 3.05) is 10.8 Å². The Balaban J connectivity index is 1.34. The number of allylic oxidation sites excluding steroid dienone is 2. The van der Waals surface area contributed by atoms with Gasteiger partial charge in [0.15, 0.2) is 6.10 Å². The Morgan fingerprint density at radius 2 is 1.58 bits per heavy atom. The number of hydrogen-bond acceptors (Lipinski definition) is 6. The highest BCUT2D eigenvalue weighted by Gasteiger charge is 2.47. The monoisotopic (exact) mass is 660 g/mol. The first-order valence-corrected chi connectivity index (χ1v) is 15.8. The average Bonchev–Trinajstić information content (AvgIpc) is 3.31. The molecule has 2 aliphatic rings. The smallest absolute Gasteiger partial charge is 0.339 e. The molecule has 0 spiro atoms. The van der Waals surface area contributed by atoms with Gasteiger partial charge in [-0.1, -0.05) is 53.6 Å². The van der Waals surface area contributed by atoms with Crippen LogP contribution >= 0.6 is 34.8 Å². The number of esters is 1. The van der Waals surface area contributed by atoms with Crippen LogP contribution in [0.25, 0.3) is 22.2 Å². The van der Waals surface area contributed by atoms with E-state index in [9.17, 15) is 19.2 Å². The molecule has 0 N–H and O–H groups in total. The minimum atomic E-state index is -1.12. The van der Waals surface area contributed by atoms with Crippen molar-refractivity contribution in [3.63, 3.8) is 0 Å². The fourth-order valence-corrected chi connectivity index (χ4v) is 6.37. The summed E-state index contributed by atoms with van der Waals surface area (Å²) in [4.78, 5) is 59.3. The molecular weight excluding hydrogens is 635 g/mol. The van der Waals surface area contributed by atoms with Crippen molar-refractivity contribution in [3.8, 4) is 11.3 Å². The molecule has 1 aliphatic carbocycles. The number of hydrogen-bond donors (Lipinski definition) is 0. The number of rotatable bonds is 8. The van der Waals surface area contributed by atoms with E-state index in [-0.39, 0.29) is 41.5 Å². The van der Waals surface area contributed by atoms with Gasteiger partial charge in [0.05, 0.1) is 34.3 Å². The van der Waals surface area contributed by atoms with E-state index in [2.05, 4.69) is 0 Å². The van der Waals surface area contributed by atoms with Gasteiger partial charge in [-0.3, -0.25) is 19.3 Å². The van der Waals surface area contributed by atoms with Gasteiger partial charge < -0.3 is 4.74 Å². The SMILES string of the molecule is Cc1c(Cl)ccc2c(C(=O)OC(CCCl)C(=O)c3ccc(Cl)cc3)cc(-c3ccc(N4C(=O)C5CC=CCC5C4=O)cc3)nc12. The topological polar surface area (TPSA) is 93.6 Å². The molecule has 3 aromatic carbocycles. The molecular formula is C35H27Cl3N2O5. The molecule has 1 saturated heterocycles. The number of carbonyl (C=O) groups is 4. The summed E-state index contributed by atoms with van der Waals surface area (Å²) in [5.41, 5.74) is 3.27. The summed E-state index contributed by atoms with van der Waals surface area (Å²) in [6.07, 6.45) is 4.01. The zero-order valence-electron chi connectivity index (χ0n) is 24.1. The standard InChI is InChI=1S/C35H27Cl3N2O5/c1-19-28(38)15-14-24-27(35(44)45-30(16-17-36)32(41)21-6-10-22(37)11-7-21)18-29(39-31(19)24)20-8-12-23(13-9-20)40-33(42)25-4-2-3-5-26(25)34(40)43/h2-3,6-15,18,25-26,30H,4-5,16-17H2,1H3. The Kier molecular flexibility index (Phi) is 8.78. The number of alkyl halides is 1. The van der Waals surface area contributed by atoms with Crippen LogP contribution in [0, 0.1) is 18.8 Å². The molecule has 1 fully saturated rings. The summed E-state index contributed by atoms with van der Waals surface area (Å²) < 4.78 is 5.80. The Labute approximate surface area is 274 Å². The van der Waals surface area contributed by atoms with E-state index in [0.717, 1.165) is 0 Å². The van der Waals surface area contributed by atoms with Crippen molar-refractivity contribution in [2.45, 2.75) is 32.3 Å². The van der Waals surface area contributed by atoms with Gasteiger partial charge in [-0.15, -0.1) is 11.6 Å². The molecule has 2 amide bonds. The van der Waals surface area contributed by atoms with Crippen LogP contribution in [0.3, 0.4) is 0 Å². The van der Waals surface area contributed by atoms with E-state index in [0.29, 0.717) is 61.9 Å². The lowest BCUT2D eigenvalue weighted by Gasteiger charge is -2.18. The van der Waals surface area contributed by atoms with Gasteiger partial charge >= 0.3 is 5.97 Å². The molecule has 0 saturated carbocycles. The molecule has 1 aromatic heterocycles. The number of Topliss-reactive ketones (excluding diaryl/α,β-unsaturated/α-hetero) is 1. The van der Waals surface area contributed by atoms with Crippen LogP contribution in [-0.4, -0.2) is 40.5 Å². The van der Waals surface area contributed by atoms with E-state index < -0.39 is 17.9 Å². The Hall–Kier alpha value is -4.04. The Morgan fingerprint density at radius 3 is 2.20 bits per heavy atom. The maximum Gasteiger partial charge on any atom is 0.339 e. The van der Waals surface area contributed by atoms with Crippen LogP contribution < -0.4 is 4.90 Å². The fraction of sp³-hybridized carbons (Fsp3) is 0.229. The summed E-state index contributed by atoms with van der Waals surface area (Å²) in [5, 5.41) is 1.46. The number of ketones is 1. The van der Waals surface area contributed by atoms with Crippen LogP contribution in [0.4, 0.5) is 5.69 Å². The zero-order valence-corrected chi connectivity index (χ0v) is 26.4. The number of carbonyl (C=O) groups excluding carboxylic acids is 4. The summed E-state index contributed by atoms with van der Waals surface area (Å²) in [7, 11) is 0. The molecule has 6 rings (SSSR count). The van der Waals surface area contributed by atoms with Crippen LogP contribution in [0.1, 0.15) is 45.5 Å². The summed E-state index contributed by atoms with van der Waals surface area (Å²) in [6.45, 7) is 1.80. The second kappa shape index (κ2) is 12.8. The highest BCUT2D eigenvalue weighted by molar-refractivity contribution is 6.32. The van der Waals surface area contributed by atoms with Gasteiger partial charge in [0.25, 0.3) is 0 Å². The second-order valence-electron chi connectivity index (χ2n) is 11.1. The van der Waals surface area contributed by atoms with Crippen molar-refractivity contribution in [1.82, 2.24) is 4.98 Å². The minimum absolute atomic E-state index is 0.0979. The quantitative estimate of drug-likeness (QED) is 0.0625. The maximum absolute atomic E-state index is 13.8. The Morgan fingerprint density at radius 1 is 0.933 bits per heavy atom. The first-order chi connectivity index (χ1) is 21.7. The van der Waals surface area contributed by atoms with Gasteiger partial charge in [0, 0.05) is 38.9 Å². The third-order valence-electron chi connectivity index (χ3n) is 8.36.